The molecule has 2 atom stereocenters. The van der Waals surface area contributed by atoms with Crippen LogP contribution in [0.15, 0.2) is 94.9 Å². The van der Waals surface area contributed by atoms with Crippen LogP contribution in [-0.4, -0.2) is 26.6 Å². The summed E-state index contributed by atoms with van der Waals surface area (Å²) in [5, 5.41) is 24.9. The van der Waals surface area contributed by atoms with Crippen LogP contribution in [0.3, 0.4) is 0 Å². The fourth-order valence-corrected chi connectivity index (χ4v) is 3.85. The third-order valence-electron chi connectivity index (χ3n) is 5.90. The molecule has 202 valence electrons. The maximum atomic E-state index is 13.8. The molecule has 4 aromatic rings. The van der Waals surface area contributed by atoms with Gasteiger partial charge in [0.15, 0.2) is 0 Å². The second-order valence-corrected chi connectivity index (χ2v) is 8.36. The molecule has 0 heterocycles. The van der Waals surface area contributed by atoms with Crippen molar-refractivity contribution in [3.8, 4) is 23.0 Å². The van der Waals surface area contributed by atoms with Crippen molar-refractivity contribution in [1.82, 2.24) is 0 Å². The molecule has 0 aliphatic heterocycles. The van der Waals surface area contributed by atoms with Gasteiger partial charge in [-0.25, -0.2) is 8.78 Å². The predicted octanol–water partition coefficient (Wildman–Crippen LogP) is 5.15. The van der Waals surface area contributed by atoms with E-state index >= 15 is 0 Å². The van der Waals surface area contributed by atoms with Gasteiger partial charge in [0.25, 0.3) is 0 Å². The summed E-state index contributed by atoms with van der Waals surface area (Å²) >= 11 is 0. The monoisotopic (exact) mass is 709 g/mol. The quantitative estimate of drug-likeness (QED) is 0.225. The average molecular weight is 710 g/mol. The predicted molar refractivity (Wildman–Crippen MR) is 138 cm³/mol. The zero-order valence-electron chi connectivity index (χ0n) is 21.0. The van der Waals surface area contributed by atoms with E-state index in [9.17, 15) is 19.0 Å². The summed E-state index contributed by atoms with van der Waals surface area (Å²) in [5.74, 6) is -0.416. The van der Waals surface area contributed by atoms with Gasteiger partial charge in [-0.3, -0.25) is 9.98 Å². The number of aliphatic imine (C=N–C) groups is 2. The SMILES string of the molecule is COc1ccc([O-])c(C=NC(c2ccc(F)cc2)C(N=Cc2cc(OC)ccc2[O-])c2ccc(F)cc2)c1.[Pt+2]. The number of nitrogens with zero attached hydrogens (tertiary/aromatic N) is 2. The zero-order valence-corrected chi connectivity index (χ0v) is 23.3. The Labute approximate surface area is 239 Å². The largest absolute Gasteiger partial charge is 2.00 e. The molecule has 39 heavy (non-hydrogen) atoms. The van der Waals surface area contributed by atoms with Gasteiger partial charge in [0.2, 0.25) is 0 Å². The van der Waals surface area contributed by atoms with Crippen LogP contribution < -0.4 is 19.7 Å². The van der Waals surface area contributed by atoms with Crippen molar-refractivity contribution < 1.29 is 49.5 Å². The van der Waals surface area contributed by atoms with E-state index in [1.165, 1.54) is 63.0 Å². The Morgan fingerprint density at radius 1 is 0.615 bits per heavy atom. The van der Waals surface area contributed by atoms with Crippen LogP contribution in [-0.2, 0) is 21.1 Å². The number of hydrogen-bond acceptors (Lipinski definition) is 6. The van der Waals surface area contributed by atoms with Crippen molar-refractivity contribution in [2.24, 2.45) is 9.98 Å². The van der Waals surface area contributed by atoms with Crippen molar-refractivity contribution >= 4 is 12.4 Å². The Bertz CT molecular complexity index is 1330. The molecule has 4 rings (SSSR count). The zero-order chi connectivity index (χ0) is 27.1. The van der Waals surface area contributed by atoms with Crippen molar-refractivity contribution in [2.45, 2.75) is 12.1 Å². The number of rotatable bonds is 9. The first-order chi connectivity index (χ1) is 18.4. The molecule has 6 nitrogen and oxygen atoms in total. The molecule has 4 aromatic carbocycles. The molecule has 0 spiro atoms. The fourth-order valence-electron chi connectivity index (χ4n) is 3.85. The molecule has 0 aliphatic carbocycles. The van der Waals surface area contributed by atoms with E-state index in [2.05, 4.69) is 9.98 Å². The molecule has 9 heteroatoms. The normalized spacial score (nSPS) is 12.7. The molecule has 0 N–H and O–H groups in total. The molecular weight excluding hydrogens is 685 g/mol. The van der Waals surface area contributed by atoms with Crippen LogP contribution in [0.4, 0.5) is 8.78 Å². The van der Waals surface area contributed by atoms with Crippen LogP contribution in [0.2, 0.25) is 0 Å². The van der Waals surface area contributed by atoms with E-state index in [1.54, 1.807) is 48.5 Å². The van der Waals surface area contributed by atoms with Crippen molar-refractivity contribution in [1.29, 1.82) is 0 Å². The molecule has 0 aromatic heterocycles. The van der Waals surface area contributed by atoms with Gasteiger partial charge in [-0.15, -0.1) is 0 Å². The summed E-state index contributed by atoms with van der Waals surface area (Å²) in [6.07, 6.45) is 2.82. The van der Waals surface area contributed by atoms with E-state index in [0.29, 0.717) is 22.6 Å². The van der Waals surface area contributed by atoms with Crippen molar-refractivity contribution in [2.75, 3.05) is 14.2 Å². The minimum atomic E-state index is -0.761. The van der Waals surface area contributed by atoms with Crippen molar-refractivity contribution in [3.63, 3.8) is 0 Å². The minimum absolute atomic E-state index is 0. The Morgan fingerprint density at radius 3 is 1.31 bits per heavy atom. The van der Waals surface area contributed by atoms with Crippen LogP contribution in [0.25, 0.3) is 0 Å². The maximum Gasteiger partial charge on any atom is 2.00 e. The third kappa shape index (κ3) is 7.51. The smallest absolute Gasteiger partial charge is 0.872 e. The van der Waals surface area contributed by atoms with Crippen LogP contribution in [0.5, 0.6) is 23.0 Å². The first-order valence-electron chi connectivity index (χ1n) is 11.7. The van der Waals surface area contributed by atoms with Crippen LogP contribution >= 0.6 is 0 Å². The van der Waals surface area contributed by atoms with Gasteiger partial charge in [0.05, 0.1) is 14.2 Å². The summed E-state index contributed by atoms with van der Waals surface area (Å²) in [6.45, 7) is 0. The topological polar surface area (TPSA) is 89.3 Å². The standard InChI is InChI=1S/C30H26F2N2O4.Pt/c1-37-25-11-13-27(35)21(15-25)17-33-29(19-3-7-23(31)8-4-19)30(20-5-9-24(32)10-6-20)34-18-22-16-26(38-2)12-14-28(22)36;/h3-18,29-30,35-36H,1-2H3;/q;+2/p-2. The number of hydrogen-bond donors (Lipinski definition) is 0. The summed E-state index contributed by atoms with van der Waals surface area (Å²) < 4.78 is 38.0. The van der Waals surface area contributed by atoms with E-state index in [4.69, 9.17) is 9.47 Å². The van der Waals surface area contributed by atoms with Crippen molar-refractivity contribution in [3.05, 3.63) is 119 Å². The van der Waals surface area contributed by atoms with E-state index in [1.807, 2.05) is 0 Å². The Hall–Kier alpha value is -4.03. The van der Waals surface area contributed by atoms with Gasteiger partial charge < -0.3 is 19.7 Å². The van der Waals surface area contributed by atoms with E-state index < -0.39 is 23.7 Å². The summed E-state index contributed by atoms with van der Waals surface area (Å²) in [7, 11) is 2.98. The van der Waals surface area contributed by atoms with Gasteiger partial charge in [-0.1, -0.05) is 47.9 Å². The number of halogens is 2. The van der Waals surface area contributed by atoms with Gasteiger partial charge in [-0.2, -0.15) is 0 Å². The summed E-state index contributed by atoms with van der Waals surface area (Å²) in [5.41, 5.74) is 1.76. The van der Waals surface area contributed by atoms with Crippen LogP contribution in [0, 0.1) is 11.6 Å². The molecule has 0 radical (unpaired) electrons. The van der Waals surface area contributed by atoms with Gasteiger partial charge in [-0.05, 0) is 70.8 Å². The molecular formula is C30H24F2N2O4Pt. The molecule has 0 aliphatic rings. The molecule has 0 amide bonds. The average Bonchev–Trinajstić information content (AvgIpc) is 2.93. The first-order valence-corrected chi connectivity index (χ1v) is 11.7. The Kier molecular flexibility index (Phi) is 10.3. The summed E-state index contributed by atoms with van der Waals surface area (Å²) in [6, 6.07) is 18.9. The van der Waals surface area contributed by atoms with Gasteiger partial charge >= 0.3 is 21.1 Å². The first kappa shape index (κ1) is 29.5. The summed E-state index contributed by atoms with van der Waals surface area (Å²) in [4.78, 5) is 9.37. The van der Waals surface area contributed by atoms with Gasteiger partial charge in [0, 0.05) is 12.4 Å². The Morgan fingerprint density at radius 2 is 0.974 bits per heavy atom. The molecule has 2 unspecified atom stereocenters. The maximum absolute atomic E-state index is 13.8. The molecule has 0 bridgehead atoms. The molecule has 0 saturated carbocycles. The number of methoxy groups -OCH3 is 2. The second-order valence-electron chi connectivity index (χ2n) is 8.36. The van der Waals surface area contributed by atoms with E-state index in [0.717, 1.165) is 0 Å². The van der Waals surface area contributed by atoms with Crippen LogP contribution in [0.1, 0.15) is 34.3 Å². The Balaban J connectivity index is 0.00000420. The minimum Gasteiger partial charge on any atom is -0.872 e. The molecule has 0 fully saturated rings. The molecule has 0 saturated heterocycles. The second kappa shape index (κ2) is 13.7. The van der Waals surface area contributed by atoms with Gasteiger partial charge in [0.1, 0.15) is 35.2 Å². The number of ether oxygens (including phenoxy) is 2. The van der Waals surface area contributed by atoms with E-state index in [-0.39, 0.29) is 43.7 Å². The number of benzene rings is 4. The fraction of sp³-hybridized carbons (Fsp3) is 0.133. The third-order valence-corrected chi connectivity index (χ3v) is 5.90.